The number of hydrogen-bond donors (Lipinski definition) is 1. The molecule has 0 aromatic heterocycles. The number of carbonyl (C=O) groups is 1. The predicted octanol–water partition coefficient (Wildman–Crippen LogP) is 5.71. The molecule has 0 fully saturated rings. The van der Waals surface area contributed by atoms with Crippen molar-refractivity contribution in [1.29, 1.82) is 0 Å². The standard InChI is InChI=1S/C30H43NO6.ClH/c1-19(2)29-22(10-9-21-17-27(36-6)28(37-7)18-24(21)29)23(30(32)33)13-15-31(3)14-12-20-8-11-25(34-4)26(16-20)35-5;/h8,11,16-19,22-23,29H,9-10,12-15H2,1-7H3,(H,32,33);1H/t22-,23?,29+;/m0./s1. The zero-order valence-electron chi connectivity index (χ0n) is 23.8. The van der Waals surface area contributed by atoms with E-state index in [0.717, 1.165) is 49.4 Å². The molecule has 1 aliphatic rings. The minimum Gasteiger partial charge on any atom is -0.493 e. The molecule has 3 rings (SSSR count). The summed E-state index contributed by atoms with van der Waals surface area (Å²) < 4.78 is 21.8. The molecule has 0 heterocycles. The summed E-state index contributed by atoms with van der Waals surface area (Å²) in [6, 6.07) is 10.1. The fraction of sp³-hybridized carbons (Fsp3) is 0.567. The van der Waals surface area contributed by atoms with Gasteiger partial charge in [0.1, 0.15) is 0 Å². The Morgan fingerprint density at radius 1 is 0.947 bits per heavy atom. The minimum atomic E-state index is -0.701. The van der Waals surface area contributed by atoms with Crippen molar-refractivity contribution in [2.24, 2.45) is 17.8 Å². The van der Waals surface area contributed by atoms with Crippen LogP contribution in [0.15, 0.2) is 30.3 Å². The molecule has 212 valence electrons. The number of carboxylic acid groups (broad SMARTS) is 1. The summed E-state index contributed by atoms with van der Waals surface area (Å²) in [6.45, 7) is 5.94. The topological polar surface area (TPSA) is 77.5 Å². The summed E-state index contributed by atoms with van der Waals surface area (Å²) >= 11 is 0. The van der Waals surface area contributed by atoms with E-state index in [0.29, 0.717) is 23.8 Å². The molecule has 1 unspecified atom stereocenters. The van der Waals surface area contributed by atoms with Crippen LogP contribution in [0.25, 0.3) is 0 Å². The minimum absolute atomic E-state index is 0. The molecule has 1 aliphatic carbocycles. The van der Waals surface area contributed by atoms with Crippen LogP contribution in [0.5, 0.6) is 23.0 Å². The van der Waals surface area contributed by atoms with E-state index in [9.17, 15) is 9.90 Å². The third-order valence-electron chi connectivity index (χ3n) is 7.82. The molecule has 7 nitrogen and oxygen atoms in total. The van der Waals surface area contributed by atoms with E-state index in [-0.39, 0.29) is 24.2 Å². The van der Waals surface area contributed by atoms with Crippen LogP contribution in [0.3, 0.4) is 0 Å². The highest BCUT2D eigenvalue weighted by Gasteiger charge is 2.40. The van der Waals surface area contributed by atoms with Gasteiger partial charge >= 0.3 is 5.97 Å². The second kappa shape index (κ2) is 14.5. The number of hydrogen-bond acceptors (Lipinski definition) is 6. The molecule has 1 N–H and O–H groups in total. The summed E-state index contributed by atoms with van der Waals surface area (Å²) in [5, 5.41) is 10.3. The van der Waals surface area contributed by atoms with Crippen molar-refractivity contribution in [2.45, 2.75) is 45.4 Å². The van der Waals surface area contributed by atoms with Crippen LogP contribution < -0.4 is 18.9 Å². The number of methoxy groups -OCH3 is 4. The molecule has 2 aromatic rings. The highest BCUT2D eigenvalue weighted by Crippen LogP contribution is 2.48. The molecule has 0 radical (unpaired) electrons. The fourth-order valence-electron chi connectivity index (χ4n) is 5.85. The second-order valence-electron chi connectivity index (χ2n) is 10.4. The highest BCUT2D eigenvalue weighted by molar-refractivity contribution is 5.85. The normalized spacial score (nSPS) is 17.4. The van der Waals surface area contributed by atoms with Crippen molar-refractivity contribution in [3.05, 3.63) is 47.0 Å². The zero-order valence-corrected chi connectivity index (χ0v) is 24.6. The molecule has 8 heteroatoms. The maximum absolute atomic E-state index is 12.5. The van der Waals surface area contributed by atoms with Crippen molar-refractivity contribution in [3.8, 4) is 23.0 Å². The summed E-state index contributed by atoms with van der Waals surface area (Å²) in [4.78, 5) is 14.8. The summed E-state index contributed by atoms with van der Waals surface area (Å²) in [5.74, 6) is 2.30. The maximum atomic E-state index is 12.5. The van der Waals surface area contributed by atoms with Crippen LogP contribution in [0.2, 0.25) is 0 Å². The maximum Gasteiger partial charge on any atom is 0.306 e. The Morgan fingerprint density at radius 3 is 2.13 bits per heavy atom. The van der Waals surface area contributed by atoms with Crippen molar-refractivity contribution in [3.63, 3.8) is 0 Å². The molecule has 3 atom stereocenters. The number of rotatable bonds is 13. The lowest BCUT2D eigenvalue weighted by molar-refractivity contribution is -0.145. The third kappa shape index (κ3) is 7.26. The average Bonchev–Trinajstić information content (AvgIpc) is 2.90. The van der Waals surface area contributed by atoms with Gasteiger partial charge in [0.2, 0.25) is 0 Å². The van der Waals surface area contributed by atoms with Gasteiger partial charge in [0.05, 0.1) is 34.4 Å². The van der Waals surface area contributed by atoms with Gasteiger partial charge < -0.3 is 29.0 Å². The Kier molecular flexibility index (Phi) is 12.0. The first-order valence-corrected chi connectivity index (χ1v) is 13.1. The van der Waals surface area contributed by atoms with E-state index < -0.39 is 11.9 Å². The van der Waals surface area contributed by atoms with E-state index >= 15 is 0 Å². The zero-order chi connectivity index (χ0) is 27.1. The van der Waals surface area contributed by atoms with Crippen LogP contribution in [0.1, 0.15) is 49.3 Å². The van der Waals surface area contributed by atoms with Crippen LogP contribution in [0, 0.1) is 17.8 Å². The lowest BCUT2D eigenvalue weighted by atomic mass is 9.65. The lowest BCUT2D eigenvalue weighted by Crippen LogP contribution is -2.36. The van der Waals surface area contributed by atoms with Gasteiger partial charge in [-0.1, -0.05) is 19.9 Å². The van der Waals surface area contributed by atoms with Crippen LogP contribution in [-0.4, -0.2) is 64.6 Å². The molecule has 38 heavy (non-hydrogen) atoms. The molecular formula is C30H44ClNO6. The van der Waals surface area contributed by atoms with Crippen molar-refractivity contribution >= 4 is 18.4 Å². The fourth-order valence-corrected chi connectivity index (χ4v) is 5.85. The lowest BCUT2D eigenvalue weighted by Gasteiger charge is -2.40. The van der Waals surface area contributed by atoms with E-state index in [1.54, 1.807) is 28.4 Å². The van der Waals surface area contributed by atoms with Crippen molar-refractivity contribution in [2.75, 3.05) is 48.6 Å². The summed E-state index contributed by atoms with van der Waals surface area (Å²) in [7, 11) is 8.63. The van der Waals surface area contributed by atoms with Gasteiger partial charge in [-0.3, -0.25) is 4.79 Å². The van der Waals surface area contributed by atoms with Crippen molar-refractivity contribution in [1.82, 2.24) is 4.90 Å². The van der Waals surface area contributed by atoms with Crippen LogP contribution >= 0.6 is 12.4 Å². The molecule has 0 bridgehead atoms. The molecule has 2 aromatic carbocycles. The average molecular weight is 550 g/mol. The van der Waals surface area contributed by atoms with Gasteiger partial charge in [-0.15, -0.1) is 12.4 Å². The molecule has 0 saturated carbocycles. The first-order chi connectivity index (χ1) is 17.7. The number of nitrogens with zero attached hydrogens (tertiary/aromatic N) is 1. The number of carboxylic acids is 1. The third-order valence-corrected chi connectivity index (χ3v) is 7.82. The van der Waals surface area contributed by atoms with Gasteiger partial charge in [-0.05, 0) is 98.0 Å². The van der Waals surface area contributed by atoms with Crippen LogP contribution in [0.4, 0.5) is 0 Å². The molecular weight excluding hydrogens is 506 g/mol. The quantitative estimate of drug-likeness (QED) is 0.343. The first kappa shape index (κ1) is 31.6. The smallest absolute Gasteiger partial charge is 0.306 e. The summed E-state index contributed by atoms with van der Waals surface area (Å²) in [6.07, 6.45) is 3.18. The Bertz CT molecular complexity index is 1060. The molecule has 0 saturated heterocycles. The number of likely N-dealkylation sites (N-methyl/N-ethyl adjacent to an activating group) is 1. The number of fused-ring (bicyclic) bond motifs is 1. The Hall–Kier alpha value is -2.64. The number of halogens is 1. The molecule has 0 amide bonds. The van der Waals surface area contributed by atoms with E-state index in [1.165, 1.54) is 11.1 Å². The van der Waals surface area contributed by atoms with Gasteiger partial charge in [0.25, 0.3) is 0 Å². The SMILES string of the molecule is COc1ccc(CCN(C)CCC(C(=O)O)[C@@H]2CCc3cc(OC)c(OC)cc3[C@@H]2C(C)C)cc1OC.Cl. The van der Waals surface area contributed by atoms with E-state index in [4.69, 9.17) is 18.9 Å². The number of aliphatic carboxylic acids is 1. The highest BCUT2D eigenvalue weighted by atomic mass is 35.5. The number of benzene rings is 2. The Balaban J connectivity index is 0.00000507. The van der Waals surface area contributed by atoms with E-state index in [1.807, 2.05) is 18.2 Å². The largest absolute Gasteiger partial charge is 0.493 e. The second-order valence-corrected chi connectivity index (χ2v) is 10.4. The van der Waals surface area contributed by atoms with Gasteiger partial charge in [0, 0.05) is 6.54 Å². The van der Waals surface area contributed by atoms with Gasteiger partial charge in [0.15, 0.2) is 23.0 Å². The van der Waals surface area contributed by atoms with Gasteiger partial charge in [-0.2, -0.15) is 0 Å². The van der Waals surface area contributed by atoms with Gasteiger partial charge in [-0.25, -0.2) is 0 Å². The first-order valence-electron chi connectivity index (χ1n) is 13.1. The molecule has 0 aliphatic heterocycles. The van der Waals surface area contributed by atoms with Crippen LogP contribution in [-0.2, 0) is 17.6 Å². The number of ether oxygens (including phenoxy) is 4. The Labute approximate surface area is 233 Å². The van der Waals surface area contributed by atoms with Crippen molar-refractivity contribution < 1.29 is 28.8 Å². The Morgan fingerprint density at radius 2 is 1.55 bits per heavy atom. The molecule has 0 spiro atoms. The monoisotopic (exact) mass is 549 g/mol. The predicted molar refractivity (Wildman–Crippen MR) is 153 cm³/mol. The van der Waals surface area contributed by atoms with E-state index in [2.05, 4.69) is 37.9 Å². The summed E-state index contributed by atoms with van der Waals surface area (Å²) in [5.41, 5.74) is 3.60. The number of aryl methyl sites for hydroxylation is 1.